The molecule has 1 fully saturated rings. The van der Waals surface area contributed by atoms with Gasteiger partial charge in [-0.15, -0.1) is 0 Å². The van der Waals surface area contributed by atoms with Gasteiger partial charge in [-0.25, -0.2) is 14.2 Å². The predicted octanol–water partition coefficient (Wildman–Crippen LogP) is 9.62. The van der Waals surface area contributed by atoms with E-state index in [4.69, 9.17) is 9.47 Å². The van der Waals surface area contributed by atoms with E-state index in [0.717, 1.165) is 47.3 Å². The Morgan fingerprint density at radius 1 is 0.983 bits per heavy atom. The van der Waals surface area contributed by atoms with Gasteiger partial charge < -0.3 is 24.1 Å². The van der Waals surface area contributed by atoms with Crippen LogP contribution in [0.2, 0.25) is 0 Å². The number of halogens is 1. The second-order valence-electron chi connectivity index (χ2n) is 17.1. The van der Waals surface area contributed by atoms with Crippen LogP contribution in [-0.4, -0.2) is 54.8 Å². The van der Waals surface area contributed by atoms with Crippen LogP contribution in [0, 0.1) is 5.82 Å². The Bertz CT molecular complexity index is 2590. The lowest BCUT2D eigenvalue weighted by atomic mass is 9.86. The van der Waals surface area contributed by atoms with Crippen molar-refractivity contribution < 1.29 is 23.5 Å². The maximum atomic E-state index is 15.7. The molecule has 1 saturated heterocycles. The van der Waals surface area contributed by atoms with Crippen LogP contribution in [0.1, 0.15) is 96.4 Å². The van der Waals surface area contributed by atoms with Gasteiger partial charge >= 0.3 is 12.1 Å². The number of ether oxygens (including phenoxy) is 2. The first-order chi connectivity index (χ1) is 27.5. The summed E-state index contributed by atoms with van der Waals surface area (Å²) < 4.78 is 29.9. The van der Waals surface area contributed by atoms with E-state index in [2.05, 4.69) is 40.5 Å². The van der Waals surface area contributed by atoms with Gasteiger partial charge in [0, 0.05) is 60.8 Å². The molecule has 302 valence electrons. The number of rotatable bonds is 8. The van der Waals surface area contributed by atoms with Gasteiger partial charge in [-0.3, -0.25) is 9.59 Å². The summed E-state index contributed by atoms with van der Waals surface area (Å²) in [5.41, 5.74) is 6.41. The number of pyridine rings is 1. The number of likely N-dealkylation sites (tertiary alicyclic amines) is 1. The number of carbonyl (C=O) groups is 2. The Kier molecular flexibility index (Phi) is 10.9. The minimum atomic E-state index is -0.620. The van der Waals surface area contributed by atoms with Gasteiger partial charge in [0.1, 0.15) is 18.0 Å². The van der Waals surface area contributed by atoms with Crippen molar-refractivity contribution in [2.75, 3.05) is 18.4 Å². The largest absolute Gasteiger partial charge is 0.461 e. The molecule has 1 aliphatic rings. The van der Waals surface area contributed by atoms with Crippen LogP contribution in [0.4, 0.5) is 20.6 Å². The second kappa shape index (κ2) is 15.7. The molecule has 0 aliphatic carbocycles. The molecule has 0 saturated carbocycles. The van der Waals surface area contributed by atoms with E-state index < -0.39 is 22.9 Å². The average molecular weight is 787 g/mol. The highest BCUT2D eigenvalue weighted by Gasteiger charge is 2.28. The number of hydrogen-bond acceptors (Lipinski definition) is 8. The molecule has 0 bridgehead atoms. The number of fused-ring (bicyclic) bond motifs is 2. The fourth-order valence-electron chi connectivity index (χ4n) is 7.63. The number of piperidine rings is 1. The smallest absolute Gasteiger partial charge is 0.410 e. The predicted molar refractivity (Wildman–Crippen MR) is 225 cm³/mol. The first kappa shape index (κ1) is 40.2. The highest BCUT2D eigenvalue weighted by molar-refractivity contribution is 5.84. The van der Waals surface area contributed by atoms with E-state index in [1.54, 1.807) is 29.3 Å². The van der Waals surface area contributed by atoms with Gasteiger partial charge in [0.05, 0.1) is 23.0 Å². The number of aromatic nitrogens is 4. The third-order valence-electron chi connectivity index (χ3n) is 10.7. The van der Waals surface area contributed by atoms with Crippen LogP contribution in [0.5, 0.6) is 0 Å². The number of nitrogens with one attached hydrogen (secondary N) is 1. The number of anilines is 2. The third kappa shape index (κ3) is 8.32. The van der Waals surface area contributed by atoms with Crippen LogP contribution in [0.25, 0.3) is 33.2 Å². The zero-order valence-corrected chi connectivity index (χ0v) is 34.5. The molecule has 0 spiro atoms. The number of carbonyl (C=O) groups excluding carboxylic acids is 2. The van der Waals surface area contributed by atoms with Crippen molar-refractivity contribution in [2.45, 2.75) is 98.2 Å². The lowest BCUT2D eigenvalue weighted by Crippen LogP contribution is -2.41. The Hall–Kier alpha value is -6.04. The maximum absolute atomic E-state index is 15.7. The Morgan fingerprint density at radius 2 is 1.74 bits per heavy atom. The molecule has 0 radical (unpaired) electrons. The summed E-state index contributed by atoms with van der Waals surface area (Å²) in [6.45, 7) is 16.2. The lowest BCUT2D eigenvalue weighted by Gasteiger charge is -2.33. The number of hydrogen-bond donors (Lipinski definition) is 1. The van der Waals surface area contributed by atoms with E-state index >= 15 is 4.39 Å². The van der Waals surface area contributed by atoms with E-state index in [-0.39, 0.29) is 23.5 Å². The van der Waals surface area contributed by atoms with E-state index in [9.17, 15) is 14.4 Å². The molecule has 1 amide bonds. The zero-order valence-electron chi connectivity index (χ0n) is 34.5. The van der Waals surface area contributed by atoms with Crippen molar-refractivity contribution in [3.8, 4) is 16.8 Å². The van der Waals surface area contributed by atoms with Crippen molar-refractivity contribution in [3.63, 3.8) is 0 Å². The van der Waals surface area contributed by atoms with Crippen LogP contribution in [0.15, 0.2) is 84.2 Å². The second-order valence-corrected chi connectivity index (χ2v) is 17.1. The summed E-state index contributed by atoms with van der Waals surface area (Å²) >= 11 is 0. The topological polar surface area (TPSA) is 120 Å². The van der Waals surface area contributed by atoms with Crippen LogP contribution in [-0.2, 0) is 32.7 Å². The van der Waals surface area contributed by atoms with Crippen molar-refractivity contribution in [2.24, 2.45) is 0 Å². The Balaban J connectivity index is 1.24. The molecule has 4 heterocycles. The normalized spacial score (nSPS) is 13.9. The molecule has 6 aromatic rings. The molecule has 12 heteroatoms. The summed E-state index contributed by atoms with van der Waals surface area (Å²) in [6, 6.07) is 17.1. The van der Waals surface area contributed by atoms with Crippen LogP contribution < -0.4 is 10.9 Å². The monoisotopic (exact) mass is 786 g/mol. The molecule has 11 nitrogen and oxygen atoms in total. The number of benzene rings is 3. The van der Waals surface area contributed by atoms with Crippen LogP contribution >= 0.6 is 0 Å². The summed E-state index contributed by atoms with van der Waals surface area (Å²) in [4.78, 5) is 45.3. The number of nitrogens with zero attached hydrogens (tertiary/aromatic N) is 5. The van der Waals surface area contributed by atoms with Crippen molar-refractivity contribution >= 4 is 39.9 Å². The molecular weight excluding hydrogens is 736 g/mol. The molecule has 3 aromatic heterocycles. The summed E-state index contributed by atoms with van der Waals surface area (Å²) in [7, 11) is 0. The Labute approximate surface area is 337 Å². The first-order valence-corrected chi connectivity index (χ1v) is 19.8. The van der Waals surface area contributed by atoms with Gasteiger partial charge in [0.25, 0.3) is 5.56 Å². The van der Waals surface area contributed by atoms with Gasteiger partial charge in [-0.05, 0) is 104 Å². The standard InChI is InChI=1S/C46H51FN6O5/c1-9-29-21-31(30-15-18-51(19-16-30)44(56)58-46(6,7)8)13-14-38(29)50-39-23-33(26-52-20-17-48-42(39)52)35-11-10-12-40(36(35)27-57-28(2)54)53-43(55)41-32(25-49-53)22-34(24-37(41)47)45(3,4)5/h10-14,17,20-26,30,50H,9,15-16,18-19,27H2,1-8H3. The fourth-order valence-corrected chi connectivity index (χ4v) is 7.63. The summed E-state index contributed by atoms with van der Waals surface area (Å²) in [6.07, 6.45) is 9.26. The van der Waals surface area contributed by atoms with Crippen molar-refractivity contribution in [1.82, 2.24) is 24.1 Å². The number of imidazole rings is 1. The molecule has 0 unspecified atom stereocenters. The number of esters is 1. The first-order valence-electron chi connectivity index (χ1n) is 19.8. The number of amides is 1. The molecular formula is C46H51FN6O5. The highest BCUT2D eigenvalue weighted by atomic mass is 19.1. The average Bonchev–Trinajstić information content (AvgIpc) is 3.65. The van der Waals surface area contributed by atoms with Gasteiger partial charge in [-0.1, -0.05) is 52.0 Å². The number of aryl methyl sites for hydroxylation is 1. The van der Waals surface area contributed by atoms with Gasteiger partial charge in [0.15, 0.2) is 5.65 Å². The zero-order chi connectivity index (χ0) is 41.5. The van der Waals surface area contributed by atoms with Crippen LogP contribution in [0.3, 0.4) is 0 Å². The van der Waals surface area contributed by atoms with Gasteiger partial charge in [0.2, 0.25) is 0 Å². The van der Waals surface area contributed by atoms with E-state index in [0.29, 0.717) is 46.9 Å². The minimum Gasteiger partial charge on any atom is -0.461 e. The highest BCUT2D eigenvalue weighted by Crippen LogP contribution is 2.36. The Morgan fingerprint density at radius 3 is 2.43 bits per heavy atom. The molecule has 7 rings (SSSR count). The fraction of sp³-hybridized carbons (Fsp3) is 0.370. The SMILES string of the molecule is CCc1cc(C2CCN(C(=O)OC(C)(C)C)CC2)ccc1Nc1cc(-c2cccc(-n3ncc4cc(C(C)(C)C)cc(F)c4c3=O)c2COC(C)=O)cn2ccnc12. The third-order valence-corrected chi connectivity index (χ3v) is 10.7. The lowest BCUT2D eigenvalue weighted by molar-refractivity contribution is -0.142. The summed E-state index contributed by atoms with van der Waals surface area (Å²) in [5, 5.41) is 8.51. The molecule has 58 heavy (non-hydrogen) atoms. The maximum Gasteiger partial charge on any atom is 0.410 e. The molecule has 3 aromatic carbocycles. The molecule has 0 atom stereocenters. The molecule has 1 aliphatic heterocycles. The molecule has 1 N–H and O–H groups in total. The van der Waals surface area contributed by atoms with E-state index in [1.165, 1.54) is 29.4 Å². The summed E-state index contributed by atoms with van der Waals surface area (Å²) in [5.74, 6) is -0.784. The van der Waals surface area contributed by atoms with Crippen molar-refractivity contribution in [1.29, 1.82) is 0 Å². The van der Waals surface area contributed by atoms with E-state index in [1.807, 2.05) is 70.5 Å². The van der Waals surface area contributed by atoms with Gasteiger partial charge in [-0.2, -0.15) is 9.78 Å². The minimum absolute atomic E-state index is 0.0674. The van der Waals surface area contributed by atoms with Crippen molar-refractivity contribution in [3.05, 3.63) is 118 Å². The quantitative estimate of drug-likeness (QED) is 0.152.